The van der Waals surface area contributed by atoms with E-state index >= 15 is 0 Å². The zero-order valence-corrected chi connectivity index (χ0v) is 8.58. The zero-order valence-electron chi connectivity index (χ0n) is 8.58. The van der Waals surface area contributed by atoms with Gasteiger partial charge in [0.25, 0.3) is 0 Å². The van der Waals surface area contributed by atoms with Crippen molar-refractivity contribution < 1.29 is 9.21 Å². The minimum absolute atomic E-state index is 0.0352. The Kier molecular flexibility index (Phi) is 2.09. The summed E-state index contributed by atoms with van der Waals surface area (Å²) < 4.78 is 5.60. The number of Topliss-reactive ketones (excluding diaryl/α,β-unsaturated/α-hetero) is 1. The topological polar surface area (TPSA) is 55.1 Å². The van der Waals surface area contributed by atoms with E-state index in [1.807, 2.05) is 0 Å². The average Bonchev–Trinajstić information content (AvgIpc) is 2.86. The van der Waals surface area contributed by atoms with E-state index in [9.17, 15) is 4.79 Å². The minimum atomic E-state index is 0.0352. The van der Waals surface area contributed by atoms with Gasteiger partial charge in [-0.1, -0.05) is 12.8 Å². The molecule has 0 radical (unpaired) electrons. The van der Waals surface area contributed by atoms with Crippen LogP contribution in [0.25, 0.3) is 0 Å². The maximum atomic E-state index is 11.5. The van der Waals surface area contributed by atoms with Gasteiger partial charge in [0.2, 0.25) is 5.78 Å². The first-order valence-corrected chi connectivity index (χ1v) is 5.58. The molecule has 2 aliphatic rings. The normalized spacial score (nSPS) is 22.0. The van der Waals surface area contributed by atoms with Gasteiger partial charge in [-0.25, -0.2) is 4.98 Å². The van der Waals surface area contributed by atoms with Crippen LogP contribution in [0.3, 0.4) is 0 Å². The van der Waals surface area contributed by atoms with Crippen molar-refractivity contribution in [1.29, 1.82) is 0 Å². The van der Waals surface area contributed by atoms with Gasteiger partial charge in [0.15, 0.2) is 11.7 Å². The number of nitrogens with one attached hydrogen (secondary N) is 1. The van der Waals surface area contributed by atoms with Gasteiger partial charge in [0.1, 0.15) is 5.69 Å². The Balaban J connectivity index is 1.94. The van der Waals surface area contributed by atoms with Crippen LogP contribution in [0.5, 0.6) is 0 Å². The molecule has 1 N–H and O–H groups in total. The molecule has 0 saturated heterocycles. The second kappa shape index (κ2) is 3.45. The van der Waals surface area contributed by atoms with Crippen LogP contribution in [0.2, 0.25) is 0 Å². The summed E-state index contributed by atoms with van der Waals surface area (Å²) in [5, 5.41) is 3.02. The predicted octanol–water partition coefficient (Wildman–Crippen LogP) is 1.62. The van der Waals surface area contributed by atoms with Crippen molar-refractivity contribution >= 4 is 5.78 Å². The molecule has 0 aromatic carbocycles. The minimum Gasteiger partial charge on any atom is -0.437 e. The number of carbonyl (C=O) groups is 1. The van der Waals surface area contributed by atoms with E-state index in [0.717, 1.165) is 24.4 Å². The molecule has 1 aliphatic carbocycles. The summed E-state index contributed by atoms with van der Waals surface area (Å²) in [4.78, 5) is 16.0. The molecule has 1 aliphatic heterocycles. The number of ketones is 1. The Hall–Kier alpha value is -1.16. The third kappa shape index (κ3) is 1.49. The van der Waals surface area contributed by atoms with Crippen molar-refractivity contribution in [3.05, 3.63) is 17.3 Å². The summed E-state index contributed by atoms with van der Waals surface area (Å²) >= 11 is 0. The standard InChI is InChI=1S/C11H14N2O2/c14-9-6-12-5-8-10(9)15-11(13-8)7-3-1-2-4-7/h7,12H,1-6H2. The third-order valence-corrected chi connectivity index (χ3v) is 3.25. The molecule has 0 bridgehead atoms. The van der Waals surface area contributed by atoms with Gasteiger partial charge < -0.3 is 9.73 Å². The summed E-state index contributed by atoms with van der Waals surface area (Å²) in [5.74, 6) is 1.77. The van der Waals surface area contributed by atoms with Gasteiger partial charge in [-0.05, 0) is 12.8 Å². The molecular formula is C11H14N2O2. The number of fused-ring (bicyclic) bond motifs is 1. The molecule has 4 heteroatoms. The van der Waals surface area contributed by atoms with Gasteiger partial charge in [0, 0.05) is 12.5 Å². The number of rotatable bonds is 1. The van der Waals surface area contributed by atoms with Crippen LogP contribution in [-0.2, 0) is 6.54 Å². The van der Waals surface area contributed by atoms with Crippen molar-refractivity contribution in [2.24, 2.45) is 0 Å². The second-order valence-corrected chi connectivity index (χ2v) is 4.34. The van der Waals surface area contributed by atoms with Crippen LogP contribution in [0, 0.1) is 0 Å². The van der Waals surface area contributed by atoms with E-state index in [4.69, 9.17) is 4.42 Å². The van der Waals surface area contributed by atoms with Crippen LogP contribution in [0.1, 0.15) is 53.7 Å². The molecule has 0 amide bonds. The molecule has 1 saturated carbocycles. The second-order valence-electron chi connectivity index (χ2n) is 4.34. The van der Waals surface area contributed by atoms with Crippen LogP contribution < -0.4 is 5.32 Å². The number of oxazole rings is 1. The molecule has 1 fully saturated rings. The first kappa shape index (κ1) is 9.09. The first-order valence-electron chi connectivity index (χ1n) is 5.58. The highest BCUT2D eigenvalue weighted by atomic mass is 16.4. The Labute approximate surface area is 88.1 Å². The van der Waals surface area contributed by atoms with Crippen LogP contribution in [-0.4, -0.2) is 17.3 Å². The van der Waals surface area contributed by atoms with Crippen LogP contribution >= 0.6 is 0 Å². The van der Waals surface area contributed by atoms with Gasteiger partial charge in [-0.3, -0.25) is 4.79 Å². The highest BCUT2D eigenvalue weighted by molar-refractivity contribution is 5.96. The smallest absolute Gasteiger partial charge is 0.213 e. The van der Waals surface area contributed by atoms with E-state index in [-0.39, 0.29) is 5.78 Å². The molecule has 1 aromatic heterocycles. The number of hydrogen-bond acceptors (Lipinski definition) is 4. The predicted molar refractivity (Wildman–Crippen MR) is 53.7 cm³/mol. The number of hydrogen-bond donors (Lipinski definition) is 1. The zero-order chi connectivity index (χ0) is 10.3. The SMILES string of the molecule is O=C1CNCc2nc(C3CCCC3)oc21. The van der Waals surface area contributed by atoms with E-state index in [2.05, 4.69) is 10.3 Å². The lowest BCUT2D eigenvalue weighted by molar-refractivity contribution is 0.0951. The fourth-order valence-electron chi connectivity index (χ4n) is 2.43. The molecule has 2 heterocycles. The largest absolute Gasteiger partial charge is 0.437 e. The van der Waals surface area contributed by atoms with E-state index in [1.165, 1.54) is 12.8 Å². The van der Waals surface area contributed by atoms with Gasteiger partial charge >= 0.3 is 0 Å². The molecule has 80 valence electrons. The van der Waals surface area contributed by atoms with Crippen LogP contribution in [0.15, 0.2) is 4.42 Å². The van der Waals surface area contributed by atoms with Gasteiger partial charge in [-0.15, -0.1) is 0 Å². The molecule has 4 nitrogen and oxygen atoms in total. The molecule has 0 spiro atoms. The fourth-order valence-corrected chi connectivity index (χ4v) is 2.43. The van der Waals surface area contributed by atoms with Gasteiger partial charge in [-0.2, -0.15) is 0 Å². The van der Waals surface area contributed by atoms with Gasteiger partial charge in [0.05, 0.1) is 6.54 Å². The number of nitrogens with zero attached hydrogens (tertiary/aromatic N) is 1. The monoisotopic (exact) mass is 206 g/mol. The summed E-state index contributed by atoms with van der Waals surface area (Å²) in [5.41, 5.74) is 0.799. The van der Waals surface area contributed by atoms with E-state index in [0.29, 0.717) is 24.8 Å². The lowest BCUT2D eigenvalue weighted by Gasteiger charge is -2.07. The highest BCUT2D eigenvalue weighted by Crippen LogP contribution is 2.34. The van der Waals surface area contributed by atoms with Crippen molar-refractivity contribution in [1.82, 2.24) is 10.3 Å². The first-order chi connectivity index (χ1) is 7.34. The summed E-state index contributed by atoms with van der Waals surface area (Å²) in [7, 11) is 0. The third-order valence-electron chi connectivity index (χ3n) is 3.25. The number of aromatic nitrogens is 1. The lowest BCUT2D eigenvalue weighted by atomic mass is 10.1. The molecule has 0 atom stereocenters. The fraction of sp³-hybridized carbons (Fsp3) is 0.636. The van der Waals surface area contributed by atoms with Crippen LogP contribution in [0.4, 0.5) is 0 Å². The molecule has 3 rings (SSSR count). The van der Waals surface area contributed by atoms with Crippen molar-refractivity contribution in [3.63, 3.8) is 0 Å². The summed E-state index contributed by atoms with van der Waals surface area (Å²) in [6.45, 7) is 1.05. The summed E-state index contributed by atoms with van der Waals surface area (Å²) in [6, 6.07) is 0. The molecule has 0 unspecified atom stereocenters. The van der Waals surface area contributed by atoms with Crippen molar-refractivity contribution in [2.75, 3.05) is 6.54 Å². The highest BCUT2D eigenvalue weighted by Gasteiger charge is 2.28. The summed E-state index contributed by atoms with van der Waals surface area (Å²) in [6.07, 6.45) is 4.82. The van der Waals surface area contributed by atoms with Crippen molar-refractivity contribution in [2.45, 2.75) is 38.1 Å². The Morgan fingerprint density at radius 1 is 1.27 bits per heavy atom. The lowest BCUT2D eigenvalue weighted by Crippen LogP contribution is -2.29. The quantitative estimate of drug-likeness (QED) is 0.758. The molecular weight excluding hydrogens is 192 g/mol. The maximum Gasteiger partial charge on any atom is 0.213 e. The van der Waals surface area contributed by atoms with E-state index in [1.54, 1.807) is 0 Å². The Morgan fingerprint density at radius 3 is 2.80 bits per heavy atom. The Bertz CT molecular complexity index is 391. The number of carbonyl (C=O) groups excluding carboxylic acids is 1. The Morgan fingerprint density at radius 2 is 2.07 bits per heavy atom. The van der Waals surface area contributed by atoms with E-state index < -0.39 is 0 Å². The molecule has 1 aromatic rings. The van der Waals surface area contributed by atoms with Crippen molar-refractivity contribution in [3.8, 4) is 0 Å². The molecule has 15 heavy (non-hydrogen) atoms. The maximum absolute atomic E-state index is 11.5. The average molecular weight is 206 g/mol.